The van der Waals surface area contributed by atoms with Crippen LogP contribution in [0.25, 0.3) is 0 Å². The van der Waals surface area contributed by atoms with Crippen LogP contribution in [0.5, 0.6) is 0 Å². The zero-order valence-electron chi connectivity index (χ0n) is 15.0. The number of benzene rings is 1. The molecule has 7 heteroatoms. The van der Waals surface area contributed by atoms with Crippen LogP contribution < -0.4 is 16.0 Å². The fourth-order valence-electron chi connectivity index (χ4n) is 2.33. The SMILES string of the molecule is CSCC[C@H](NC=O)C(=O)N[C@@H](CC(C)C)C(=O)Nc1ccccc1. The summed E-state index contributed by atoms with van der Waals surface area (Å²) < 4.78 is 0. The third kappa shape index (κ3) is 8.07. The van der Waals surface area contributed by atoms with Crippen molar-refractivity contribution >= 4 is 35.7 Å². The number of rotatable bonds is 11. The van der Waals surface area contributed by atoms with Gasteiger partial charge in [0.15, 0.2) is 0 Å². The van der Waals surface area contributed by atoms with Crippen molar-refractivity contribution in [1.82, 2.24) is 10.6 Å². The summed E-state index contributed by atoms with van der Waals surface area (Å²) in [4.78, 5) is 35.8. The maximum Gasteiger partial charge on any atom is 0.246 e. The molecule has 0 saturated heterocycles. The van der Waals surface area contributed by atoms with Gasteiger partial charge in [0.1, 0.15) is 12.1 Å². The highest BCUT2D eigenvalue weighted by atomic mass is 32.2. The molecule has 0 radical (unpaired) electrons. The number of amides is 3. The molecule has 3 amide bonds. The van der Waals surface area contributed by atoms with Crippen molar-refractivity contribution in [2.75, 3.05) is 17.3 Å². The lowest BCUT2D eigenvalue weighted by Crippen LogP contribution is -2.51. The molecule has 1 aromatic carbocycles. The predicted octanol–water partition coefficient (Wildman–Crippen LogP) is 2.02. The van der Waals surface area contributed by atoms with E-state index in [9.17, 15) is 14.4 Å². The monoisotopic (exact) mass is 365 g/mol. The third-order valence-corrected chi connectivity index (χ3v) is 4.22. The number of nitrogens with one attached hydrogen (secondary N) is 3. The molecule has 0 aliphatic heterocycles. The van der Waals surface area contributed by atoms with Crippen molar-refractivity contribution in [3.63, 3.8) is 0 Å². The van der Waals surface area contributed by atoms with Crippen molar-refractivity contribution in [2.24, 2.45) is 5.92 Å². The molecule has 0 bridgehead atoms. The average molecular weight is 365 g/mol. The highest BCUT2D eigenvalue weighted by Crippen LogP contribution is 2.11. The molecule has 0 heterocycles. The Morgan fingerprint density at radius 1 is 1.12 bits per heavy atom. The minimum Gasteiger partial charge on any atom is -0.347 e. The second-order valence-corrected chi connectivity index (χ2v) is 7.15. The van der Waals surface area contributed by atoms with Gasteiger partial charge in [0, 0.05) is 5.69 Å². The van der Waals surface area contributed by atoms with Crippen molar-refractivity contribution in [1.29, 1.82) is 0 Å². The molecule has 138 valence electrons. The van der Waals surface area contributed by atoms with Gasteiger partial charge in [0.05, 0.1) is 0 Å². The van der Waals surface area contributed by atoms with Crippen molar-refractivity contribution in [2.45, 2.75) is 38.8 Å². The zero-order valence-corrected chi connectivity index (χ0v) is 15.8. The second-order valence-electron chi connectivity index (χ2n) is 6.16. The van der Waals surface area contributed by atoms with E-state index < -0.39 is 12.1 Å². The molecule has 0 aliphatic carbocycles. The Bertz CT molecular complexity index is 552. The van der Waals surface area contributed by atoms with Gasteiger partial charge in [0.2, 0.25) is 18.2 Å². The Kier molecular flexibility index (Phi) is 9.69. The number of carbonyl (C=O) groups is 3. The smallest absolute Gasteiger partial charge is 0.246 e. The third-order valence-electron chi connectivity index (χ3n) is 3.58. The van der Waals surface area contributed by atoms with Crippen LogP contribution >= 0.6 is 11.8 Å². The molecule has 25 heavy (non-hydrogen) atoms. The van der Waals surface area contributed by atoms with Gasteiger partial charge in [-0.1, -0.05) is 32.0 Å². The lowest BCUT2D eigenvalue weighted by Gasteiger charge is -2.23. The zero-order chi connectivity index (χ0) is 18.7. The summed E-state index contributed by atoms with van der Waals surface area (Å²) in [6, 6.07) is 7.82. The number of hydrogen-bond donors (Lipinski definition) is 3. The molecule has 6 nitrogen and oxygen atoms in total. The van der Waals surface area contributed by atoms with Crippen LogP contribution in [-0.4, -0.2) is 42.3 Å². The van der Waals surface area contributed by atoms with Gasteiger partial charge in [0.25, 0.3) is 0 Å². The summed E-state index contributed by atoms with van der Waals surface area (Å²) in [5, 5.41) is 8.13. The van der Waals surface area contributed by atoms with E-state index in [2.05, 4.69) is 16.0 Å². The van der Waals surface area contributed by atoms with Gasteiger partial charge in [-0.25, -0.2) is 0 Å². The first kappa shape index (κ1) is 21.0. The molecule has 1 rings (SSSR count). The first-order valence-electron chi connectivity index (χ1n) is 8.32. The van der Waals surface area contributed by atoms with E-state index in [0.717, 1.165) is 5.75 Å². The van der Waals surface area contributed by atoms with E-state index in [-0.39, 0.29) is 17.7 Å². The number of thioether (sulfide) groups is 1. The highest BCUT2D eigenvalue weighted by Gasteiger charge is 2.26. The molecule has 0 aliphatic rings. The minimum absolute atomic E-state index is 0.232. The van der Waals surface area contributed by atoms with Gasteiger partial charge in [-0.05, 0) is 42.9 Å². The summed E-state index contributed by atoms with van der Waals surface area (Å²) >= 11 is 1.60. The fourth-order valence-corrected chi connectivity index (χ4v) is 2.81. The van der Waals surface area contributed by atoms with Gasteiger partial charge in [-0.3, -0.25) is 14.4 Å². The minimum atomic E-state index is -0.655. The largest absolute Gasteiger partial charge is 0.347 e. The van der Waals surface area contributed by atoms with E-state index in [0.29, 0.717) is 24.9 Å². The van der Waals surface area contributed by atoms with E-state index in [1.54, 1.807) is 23.9 Å². The van der Waals surface area contributed by atoms with Crippen molar-refractivity contribution < 1.29 is 14.4 Å². The Hall–Kier alpha value is -2.02. The number of carbonyl (C=O) groups excluding carboxylic acids is 3. The number of para-hydroxylation sites is 1. The van der Waals surface area contributed by atoms with Crippen LogP contribution in [0.4, 0.5) is 5.69 Å². The maximum absolute atomic E-state index is 12.6. The number of hydrogen-bond acceptors (Lipinski definition) is 4. The standard InChI is InChI=1S/C18H27N3O3S/c1-13(2)11-16(18(24)20-14-7-5-4-6-8-14)21-17(23)15(19-12-22)9-10-25-3/h4-8,12-13,15-16H,9-11H2,1-3H3,(H,19,22)(H,20,24)(H,21,23)/t15-,16-/m0/s1. The van der Waals surface area contributed by atoms with Crippen LogP contribution in [0, 0.1) is 5.92 Å². The van der Waals surface area contributed by atoms with Crippen LogP contribution in [0.2, 0.25) is 0 Å². The fraction of sp³-hybridized carbons (Fsp3) is 0.500. The molecule has 2 atom stereocenters. The lowest BCUT2D eigenvalue weighted by molar-refractivity contribution is -0.129. The molecule has 0 aromatic heterocycles. The molecule has 3 N–H and O–H groups in total. The Balaban J connectivity index is 2.77. The van der Waals surface area contributed by atoms with Crippen LogP contribution in [-0.2, 0) is 14.4 Å². The Labute approximate surface area is 153 Å². The second kappa shape index (κ2) is 11.5. The topological polar surface area (TPSA) is 87.3 Å². The first-order chi connectivity index (χ1) is 12.0. The summed E-state index contributed by atoms with van der Waals surface area (Å²) in [6.07, 6.45) is 3.48. The lowest BCUT2D eigenvalue weighted by atomic mass is 10.0. The predicted molar refractivity (Wildman–Crippen MR) is 102 cm³/mol. The molecular weight excluding hydrogens is 338 g/mol. The molecule has 0 fully saturated rings. The maximum atomic E-state index is 12.6. The average Bonchev–Trinajstić information content (AvgIpc) is 2.58. The Morgan fingerprint density at radius 2 is 1.80 bits per heavy atom. The van der Waals surface area contributed by atoms with Crippen molar-refractivity contribution in [3.05, 3.63) is 30.3 Å². The van der Waals surface area contributed by atoms with Gasteiger partial charge < -0.3 is 16.0 Å². The number of anilines is 1. The van der Waals surface area contributed by atoms with Crippen LogP contribution in [0.1, 0.15) is 26.7 Å². The normalized spacial score (nSPS) is 13.0. The summed E-state index contributed by atoms with van der Waals surface area (Å²) in [5.41, 5.74) is 0.681. The van der Waals surface area contributed by atoms with E-state index in [4.69, 9.17) is 0 Å². The van der Waals surface area contributed by atoms with Crippen molar-refractivity contribution in [3.8, 4) is 0 Å². The summed E-state index contributed by atoms with van der Waals surface area (Å²) in [6.45, 7) is 3.98. The molecule has 0 unspecified atom stereocenters. The molecule has 0 saturated carbocycles. The van der Waals surface area contributed by atoms with Gasteiger partial charge in [-0.2, -0.15) is 11.8 Å². The quantitative estimate of drug-likeness (QED) is 0.524. The molecular formula is C18H27N3O3S. The van der Waals surface area contributed by atoms with Crippen LogP contribution in [0.3, 0.4) is 0 Å². The summed E-state index contributed by atoms with van der Waals surface area (Å²) in [5.74, 6) is 0.373. The van der Waals surface area contributed by atoms with Crippen LogP contribution in [0.15, 0.2) is 30.3 Å². The van der Waals surface area contributed by atoms with E-state index in [1.165, 1.54) is 0 Å². The summed E-state index contributed by atoms with van der Waals surface area (Å²) in [7, 11) is 0. The first-order valence-corrected chi connectivity index (χ1v) is 9.72. The Morgan fingerprint density at radius 3 is 2.36 bits per heavy atom. The van der Waals surface area contributed by atoms with Gasteiger partial charge in [-0.15, -0.1) is 0 Å². The highest BCUT2D eigenvalue weighted by molar-refractivity contribution is 7.98. The van der Waals surface area contributed by atoms with E-state index >= 15 is 0 Å². The van der Waals surface area contributed by atoms with E-state index in [1.807, 2.05) is 38.3 Å². The molecule has 0 spiro atoms. The van der Waals surface area contributed by atoms with Gasteiger partial charge >= 0.3 is 0 Å². The molecule has 1 aromatic rings.